The van der Waals surface area contributed by atoms with Gasteiger partial charge in [-0.2, -0.15) is 0 Å². The normalized spacial score (nSPS) is 12.2. The van der Waals surface area contributed by atoms with Gasteiger partial charge < -0.3 is 15.7 Å². The number of carboxylic acids is 1. The first-order valence-corrected chi connectivity index (χ1v) is 5.29. The van der Waals surface area contributed by atoms with Crippen molar-refractivity contribution in [1.82, 2.24) is 4.90 Å². The molecular formula is C10H20N2O3. The molecule has 0 aromatic heterocycles. The summed E-state index contributed by atoms with van der Waals surface area (Å²) in [5.74, 6) is -1.07. The van der Waals surface area contributed by atoms with Crippen molar-refractivity contribution in [3.8, 4) is 0 Å². The van der Waals surface area contributed by atoms with E-state index in [2.05, 4.69) is 0 Å². The second-order valence-electron chi connectivity index (χ2n) is 3.46. The Labute approximate surface area is 90.2 Å². The van der Waals surface area contributed by atoms with Crippen LogP contribution in [0.3, 0.4) is 0 Å². The van der Waals surface area contributed by atoms with E-state index in [1.807, 2.05) is 13.8 Å². The number of carboxylic acid groups (broad SMARTS) is 1. The Kier molecular flexibility index (Phi) is 6.70. The Balaban J connectivity index is 4.09. The quantitative estimate of drug-likeness (QED) is 0.646. The lowest BCUT2D eigenvalue weighted by molar-refractivity contribution is -0.137. The molecule has 0 aliphatic heterocycles. The first-order valence-electron chi connectivity index (χ1n) is 5.29. The molecule has 0 heterocycles. The lowest BCUT2D eigenvalue weighted by Gasteiger charge is -2.23. The van der Waals surface area contributed by atoms with Gasteiger partial charge in [0.25, 0.3) is 0 Å². The van der Waals surface area contributed by atoms with E-state index in [0.29, 0.717) is 13.1 Å². The van der Waals surface area contributed by atoms with Gasteiger partial charge in [-0.05, 0) is 19.8 Å². The zero-order valence-electron chi connectivity index (χ0n) is 9.40. The van der Waals surface area contributed by atoms with Crippen LogP contribution >= 0.6 is 0 Å². The van der Waals surface area contributed by atoms with Gasteiger partial charge in [0.15, 0.2) is 0 Å². The monoisotopic (exact) mass is 216 g/mol. The van der Waals surface area contributed by atoms with Gasteiger partial charge in [-0.1, -0.05) is 6.92 Å². The number of hydrogen-bond acceptors (Lipinski definition) is 3. The van der Waals surface area contributed by atoms with Crippen molar-refractivity contribution in [2.24, 2.45) is 5.73 Å². The van der Waals surface area contributed by atoms with Crippen LogP contribution in [0.4, 0.5) is 0 Å². The Morgan fingerprint density at radius 2 is 2.00 bits per heavy atom. The van der Waals surface area contributed by atoms with E-state index in [1.54, 1.807) is 4.90 Å². The predicted octanol–water partition coefficient (Wildman–Crippen LogP) is 0.437. The first kappa shape index (κ1) is 13.9. The second-order valence-corrected chi connectivity index (χ2v) is 3.46. The fourth-order valence-electron chi connectivity index (χ4n) is 1.33. The highest BCUT2D eigenvalue weighted by Crippen LogP contribution is 2.01. The summed E-state index contributed by atoms with van der Waals surface area (Å²) < 4.78 is 0. The van der Waals surface area contributed by atoms with Crippen LogP contribution in [-0.2, 0) is 9.59 Å². The number of nitrogens with zero attached hydrogens (tertiary/aromatic N) is 1. The standard InChI is InChI=1S/C10H20N2O3/c1-3-7-12(4-2)10(15)8(11)5-6-9(13)14/h8H,3-7,11H2,1-2H3,(H,13,14). The average Bonchev–Trinajstić information content (AvgIpc) is 2.21. The molecule has 5 nitrogen and oxygen atoms in total. The Hall–Kier alpha value is -1.10. The summed E-state index contributed by atoms with van der Waals surface area (Å²) >= 11 is 0. The van der Waals surface area contributed by atoms with Crippen molar-refractivity contribution in [1.29, 1.82) is 0 Å². The summed E-state index contributed by atoms with van der Waals surface area (Å²) in [6, 6.07) is -0.687. The van der Waals surface area contributed by atoms with E-state index in [9.17, 15) is 9.59 Å². The minimum absolute atomic E-state index is 0.0589. The molecule has 0 spiro atoms. The number of aliphatic carboxylic acids is 1. The van der Waals surface area contributed by atoms with Crippen LogP contribution in [0.25, 0.3) is 0 Å². The fraction of sp³-hybridized carbons (Fsp3) is 0.800. The van der Waals surface area contributed by atoms with Crippen molar-refractivity contribution >= 4 is 11.9 Å². The van der Waals surface area contributed by atoms with E-state index < -0.39 is 12.0 Å². The third kappa shape index (κ3) is 5.37. The molecule has 3 N–H and O–H groups in total. The molecule has 0 bridgehead atoms. The number of carbonyl (C=O) groups excluding carboxylic acids is 1. The fourth-order valence-corrected chi connectivity index (χ4v) is 1.33. The third-order valence-corrected chi connectivity index (χ3v) is 2.17. The molecule has 88 valence electrons. The highest BCUT2D eigenvalue weighted by Gasteiger charge is 2.19. The van der Waals surface area contributed by atoms with Crippen LogP contribution in [0.2, 0.25) is 0 Å². The van der Waals surface area contributed by atoms with Crippen molar-refractivity contribution in [2.75, 3.05) is 13.1 Å². The maximum Gasteiger partial charge on any atom is 0.303 e. The molecule has 0 saturated heterocycles. The minimum atomic E-state index is -0.920. The summed E-state index contributed by atoms with van der Waals surface area (Å²) in [5, 5.41) is 8.46. The Morgan fingerprint density at radius 1 is 1.40 bits per heavy atom. The van der Waals surface area contributed by atoms with Crippen molar-refractivity contribution in [3.63, 3.8) is 0 Å². The van der Waals surface area contributed by atoms with E-state index >= 15 is 0 Å². The van der Waals surface area contributed by atoms with Gasteiger partial charge in [-0.3, -0.25) is 9.59 Å². The zero-order valence-corrected chi connectivity index (χ0v) is 9.40. The molecule has 5 heteroatoms. The minimum Gasteiger partial charge on any atom is -0.481 e. The third-order valence-electron chi connectivity index (χ3n) is 2.17. The van der Waals surface area contributed by atoms with Crippen LogP contribution in [0.1, 0.15) is 33.1 Å². The van der Waals surface area contributed by atoms with E-state index in [4.69, 9.17) is 10.8 Å². The molecule has 0 aromatic carbocycles. The number of carbonyl (C=O) groups is 2. The van der Waals surface area contributed by atoms with Crippen LogP contribution < -0.4 is 5.73 Å². The number of rotatable bonds is 7. The predicted molar refractivity (Wildman–Crippen MR) is 57.4 cm³/mol. The Bertz CT molecular complexity index is 219. The number of amides is 1. The molecule has 1 atom stereocenters. The van der Waals surface area contributed by atoms with Gasteiger partial charge in [0.05, 0.1) is 6.04 Å². The maximum atomic E-state index is 11.7. The van der Waals surface area contributed by atoms with Crippen LogP contribution in [0, 0.1) is 0 Å². The number of nitrogens with two attached hydrogens (primary N) is 1. The maximum absolute atomic E-state index is 11.7. The van der Waals surface area contributed by atoms with Crippen molar-refractivity contribution < 1.29 is 14.7 Å². The summed E-state index contributed by atoms with van der Waals surface area (Å²) in [7, 11) is 0. The molecule has 0 aliphatic rings. The van der Waals surface area contributed by atoms with Crippen molar-refractivity contribution in [2.45, 2.75) is 39.2 Å². The molecule has 0 fully saturated rings. The SMILES string of the molecule is CCCN(CC)C(=O)C(N)CCC(=O)O. The second kappa shape index (κ2) is 7.23. The summed E-state index contributed by atoms with van der Waals surface area (Å²) in [5.41, 5.74) is 5.62. The molecule has 0 aromatic rings. The van der Waals surface area contributed by atoms with Crippen molar-refractivity contribution in [3.05, 3.63) is 0 Å². The highest BCUT2D eigenvalue weighted by molar-refractivity contribution is 5.82. The van der Waals surface area contributed by atoms with Gasteiger partial charge in [0, 0.05) is 19.5 Å². The molecule has 1 amide bonds. The first-order chi connectivity index (χ1) is 7.02. The van der Waals surface area contributed by atoms with Gasteiger partial charge in [0.1, 0.15) is 0 Å². The zero-order chi connectivity index (χ0) is 11.8. The van der Waals surface area contributed by atoms with Gasteiger partial charge in [-0.15, -0.1) is 0 Å². The molecule has 0 saturated carbocycles. The molecule has 0 aliphatic carbocycles. The van der Waals surface area contributed by atoms with Crippen LogP contribution in [-0.4, -0.2) is 41.0 Å². The summed E-state index contributed by atoms with van der Waals surface area (Å²) in [4.78, 5) is 23.7. The van der Waals surface area contributed by atoms with Gasteiger partial charge in [0.2, 0.25) is 5.91 Å². The molecule has 0 rings (SSSR count). The molecule has 0 radical (unpaired) electrons. The smallest absolute Gasteiger partial charge is 0.303 e. The lowest BCUT2D eigenvalue weighted by Crippen LogP contribution is -2.44. The number of hydrogen-bond donors (Lipinski definition) is 2. The average molecular weight is 216 g/mol. The summed E-state index contributed by atoms with van der Waals surface area (Å²) in [6.07, 6.45) is 1.02. The van der Waals surface area contributed by atoms with Gasteiger partial charge >= 0.3 is 5.97 Å². The Morgan fingerprint density at radius 3 is 2.40 bits per heavy atom. The van der Waals surface area contributed by atoms with Crippen LogP contribution in [0.15, 0.2) is 0 Å². The molecule has 1 unspecified atom stereocenters. The topological polar surface area (TPSA) is 83.6 Å². The van der Waals surface area contributed by atoms with E-state index in [0.717, 1.165) is 6.42 Å². The molecular weight excluding hydrogens is 196 g/mol. The number of likely N-dealkylation sites (N-methyl/N-ethyl adjacent to an activating group) is 1. The van der Waals surface area contributed by atoms with Gasteiger partial charge in [-0.25, -0.2) is 0 Å². The lowest BCUT2D eigenvalue weighted by atomic mass is 10.1. The van der Waals surface area contributed by atoms with E-state index in [1.165, 1.54) is 0 Å². The highest BCUT2D eigenvalue weighted by atomic mass is 16.4. The van der Waals surface area contributed by atoms with E-state index in [-0.39, 0.29) is 18.7 Å². The molecule has 15 heavy (non-hydrogen) atoms. The van der Waals surface area contributed by atoms with Crippen LogP contribution in [0.5, 0.6) is 0 Å². The largest absolute Gasteiger partial charge is 0.481 e. The summed E-state index contributed by atoms with van der Waals surface area (Å²) in [6.45, 7) is 5.17.